The number of halogens is 1. The number of fused-ring (bicyclic) bond motifs is 1. The van der Waals surface area contributed by atoms with E-state index in [0.29, 0.717) is 34.1 Å². The molecule has 0 unspecified atom stereocenters. The number of carbonyl (C=O) groups excluding carboxylic acids is 1. The van der Waals surface area contributed by atoms with Crippen LogP contribution in [0, 0.1) is 5.82 Å². The molecule has 0 spiro atoms. The number of nitrogens with one attached hydrogen (secondary N) is 1. The van der Waals surface area contributed by atoms with Crippen LogP contribution < -0.4 is 14.4 Å². The van der Waals surface area contributed by atoms with Crippen molar-refractivity contribution in [3.63, 3.8) is 0 Å². The van der Waals surface area contributed by atoms with E-state index in [4.69, 9.17) is 4.74 Å². The van der Waals surface area contributed by atoms with Crippen LogP contribution in [0.3, 0.4) is 0 Å². The molecule has 0 aliphatic carbocycles. The van der Waals surface area contributed by atoms with Crippen LogP contribution in [0.5, 0.6) is 5.75 Å². The lowest BCUT2D eigenvalue weighted by Crippen LogP contribution is -2.31. The van der Waals surface area contributed by atoms with Gasteiger partial charge in [0.05, 0.1) is 23.7 Å². The van der Waals surface area contributed by atoms with Gasteiger partial charge in [-0.3, -0.25) is 9.10 Å². The molecule has 0 bridgehead atoms. The predicted molar refractivity (Wildman–Crippen MR) is 127 cm³/mol. The van der Waals surface area contributed by atoms with E-state index < -0.39 is 10.0 Å². The van der Waals surface area contributed by atoms with E-state index in [9.17, 15) is 17.6 Å². The van der Waals surface area contributed by atoms with Crippen LogP contribution in [-0.4, -0.2) is 34.2 Å². The van der Waals surface area contributed by atoms with Crippen molar-refractivity contribution in [2.45, 2.75) is 22.3 Å². The van der Waals surface area contributed by atoms with Gasteiger partial charge < -0.3 is 10.1 Å². The summed E-state index contributed by atoms with van der Waals surface area (Å²) >= 11 is 1.44. The van der Waals surface area contributed by atoms with Crippen molar-refractivity contribution in [1.82, 2.24) is 5.32 Å². The number of benzene rings is 3. The molecule has 9 heteroatoms. The number of nitrogens with zero attached hydrogens (tertiary/aromatic N) is 1. The molecule has 0 fully saturated rings. The van der Waals surface area contributed by atoms with E-state index in [1.807, 2.05) is 6.07 Å². The molecule has 3 aromatic rings. The Hall–Kier alpha value is -3.04. The Morgan fingerprint density at radius 1 is 1.09 bits per heavy atom. The molecule has 33 heavy (non-hydrogen) atoms. The Balaban J connectivity index is 1.53. The molecule has 1 aliphatic rings. The standard InChI is InChI=1S/C24H23FN2O4S2/c1-27(21-8-3-4-9-22(21)31-2)33(29,30)17-12-10-16(11-13-17)24(28)26-20-14-15-32-23-18(20)6-5-7-19(23)25/h3-13,20H,14-15H2,1-2H3,(H,26,28)/t20-/m1/s1. The Morgan fingerprint density at radius 3 is 2.55 bits per heavy atom. The second-order valence-corrected chi connectivity index (χ2v) is 10.6. The highest BCUT2D eigenvalue weighted by atomic mass is 32.2. The van der Waals surface area contributed by atoms with E-state index in [2.05, 4.69) is 5.32 Å². The minimum atomic E-state index is -3.86. The maximum atomic E-state index is 14.1. The number of ether oxygens (including phenoxy) is 1. The number of sulfonamides is 1. The summed E-state index contributed by atoms with van der Waals surface area (Å²) in [7, 11) is -0.935. The van der Waals surface area contributed by atoms with Crippen molar-refractivity contribution < 1.29 is 22.3 Å². The first kappa shape index (κ1) is 23.1. The molecule has 1 amide bonds. The third kappa shape index (κ3) is 4.56. The van der Waals surface area contributed by atoms with E-state index in [-0.39, 0.29) is 22.7 Å². The number of hydrogen-bond acceptors (Lipinski definition) is 5. The summed E-state index contributed by atoms with van der Waals surface area (Å²) in [4.78, 5) is 13.4. The number of thioether (sulfide) groups is 1. The maximum Gasteiger partial charge on any atom is 0.264 e. The van der Waals surface area contributed by atoms with Gasteiger partial charge in [-0.05, 0) is 54.4 Å². The predicted octanol–water partition coefficient (Wildman–Crippen LogP) is 4.63. The molecule has 0 saturated carbocycles. The molecule has 1 aliphatic heterocycles. The lowest BCUT2D eigenvalue weighted by molar-refractivity contribution is 0.0934. The highest BCUT2D eigenvalue weighted by molar-refractivity contribution is 7.99. The van der Waals surface area contributed by atoms with E-state index in [1.165, 1.54) is 56.3 Å². The molecule has 172 valence electrons. The highest BCUT2D eigenvalue weighted by Crippen LogP contribution is 2.38. The van der Waals surface area contributed by atoms with Gasteiger partial charge in [0.25, 0.3) is 15.9 Å². The lowest BCUT2D eigenvalue weighted by Gasteiger charge is -2.26. The third-order valence-corrected chi connectivity index (χ3v) is 8.48. The van der Waals surface area contributed by atoms with E-state index in [1.54, 1.807) is 30.3 Å². The van der Waals surface area contributed by atoms with Crippen LogP contribution in [0.25, 0.3) is 0 Å². The SMILES string of the molecule is COc1ccccc1N(C)S(=O)(=O)c1ccc(C(=O)N[C@@H]2CCSc3c(F)cccc32)cc1. The number of anilines is 1. The first-order valence-corrected chi connectivity index (χ1v) is 12.7. The van der Waals surface area contributed by atoms with Gasteiger partial charge in [-0.2, -0.15) is 0 Å². The first-order valence-electron chi connectivity index (χ1n) is 10.3. The molecule has 4 rings (SSSR count). The van der Waals surface area contributed by atoms with Crippen molar-refractivity contribution in [1.29, 1.82) is 0 Å². The van der Waals surface area contributed by atoms with Gasteiger partial charge >= 0.3 is 0 Å². The maximum absolute atomic E-state index is 14.1. The van der Waals surface area contributed by atoms with Crippen LogP contribution in [0.15, 0.2) is 76.5 Å². The molecule has 0 aromatic heterocycles. The zero-order valence-electron chi connectivity index (χ0n) is 18.1. The number of carbonyl (C=O) groups is 1. The summed E-state index contributed by atoms with van der Waals surface area (Å²) in [5, 5.41) is 2.95. The monoisotopic (exact) mass is 486 g/mol. The fourth-order valence-electron chi connectivity index (χ4n) is 3.73. The fourth-order valence-corrected chi connectivity index (χ4v) is 6.08. The van der Waals surface area contributed by atoms with Gasteiger partial charge in [0.15, 0.2) is 0 Å². The molecule has 0 radical (unpaired) electrons. The Labute approximate surface area is 196 Å². The van der Waals surface area contributed by atoms with Crippen LogP contribution in [0.1, 0.15) is 28.4 Å². The van der Waals surface area contributed by atoms with Crippen molar-refractivity contribution >= 4 is 33.4 Å². The van der Waals surface area contributed by atoms with Gasteiger partial charge in [-0.25, -0.2) is 12.8 Å². The molecular formula is C24H23FN2O4S2. The van der Waals surface area contributed by atoms with Crippen molar-refractivity contribution in [3.05, 3.63) is 83.7 Å². The van der Waals surface area contributed by atoms with Gasteiger partial charge in [0, 0.05) is 23.3 Å². The smallest absolute Gasteiger partial charge is 0.264 e. The van der Waals surface area contributed by atoms with Gasteiger partial charge in [-0.1, -0.05) is 24.3 Å². The Morgan fingerprint density at radius 2 is 1.82 bits per heavy atom. The molecule has 3 aromatic carbocycles. The van der Waals surface area contributed by atoms with E-state index in [0.717, 1.165) is 9.87 Å². The highest BCUT2D eigenvalue weighted by Gasteiger charge is 2.26. The van der Waals surface area contributed by atoms with Crippen LogP contribution in [-0.2, 0) is 10.0 Å². The summed E-state index contributed by atoms with van der Waals surface area (Å²) in [6, 6.07) is 17.1. The Kier molecular flexibility index (Phi) is 6.62. The lowest BCUT2D eigenvalue weighted by atomic mass is 10.0. The summed E-state index contributed by atoms with van der Waals surface area (Å²) in [6.45, 7) is 0. The summed E-state index contributed by atoms with van der Waals surface area (Å²) in [5.41, 5.74) is 1.49. The van der Waals surface area contributed by atoms with Gasteiger partial charge in [0.2, 0.25) is 0 Å². The third-order valence-electron chi connectivity index (χ3n) is 5.53. The minimum absolute atomic E-state index is 0.0499. The van der Waals surface area contributed by atoms with Crippen molar-refractivity contribution in [2.75, 3.05) is 24.2 Å². The minimum Gasteiger partial charge on any atom is -0.495 e. The van der Waals surface area contributed by atoms with Crippen LogP contribution >= 0.6 is 11.8 Å². The summed E-state index contributed by atoms with van der Waals surface area (Å²) in [6.07, 6.45) is 0.684. The number of para-hydroxylation sites is 2. The summed E-state index contributed by atoms with van der Waals surface area (Å²) < 4.78 is 46.7. The topological polar surface area (TPSA) is 75.7 Å². The molecule has 1 heterocycles. The van der Waals surface area contributed by atoms with Crippen molar-refractivity contribution in [2.24, 2.45) is 0 Å². The molecule has 1 atom stereocenters. The van der Waals surface area contributed by atoms with Crippen LogP contribution in [0.4, 0.5) is 10.1 Å². The summed E-state index contributed by atoms with van der Waals surface area (Å²) in [5.74, 6) is 0.502. The average molecular weight is 487 g/mol. The largest absolute Gasteiger partial charge is 0.495 e. The second-order valence-electron chi connectivity index (χ2n) is 7.49. The first-order chi connectivity index (χ1) is 15.8. The van der Waals surface area contributed by atoms with E-state index >= 15 is 0 Å². The van der Waals surface area contributed by atoms with Crippen molar-refractivity contribution in [3.8, 4) is 5.75 Å². The quantitative estimate of drug-likeness (QED) is 0.550. The zero-order chi connectivity index (χ0) is 23.6. The van der Waals surface area contributed by atoms with Gasteiger partial charge in [-0.15, -0.1) is 11.8 Å². The molecule has 0 saturated heterocycles. The number of hydrogen-bond donors (Lipinski definition) is 1. The second kappa shape index (κ2) is 9.44. The van der Waals surface area contributed by atoms with Crippen LogP contribution in [0.2, 0.25) is 0 Å². The average Bonchev–Trinajstić information content (AvgIpc) is 2.84. The number of amides is 1. The molecule has 1 N–H and O–H groups in total. The Bertz CT molecular complexity index is 1280. The molecular weight excluding hydrogens is 463 g/mol. The van der Waals surface area contributed by atoms with Gasteiger partial charge in [0.1, 0.15) is 11.6 Å². The number of rotatable bonds is 6. The number of methoxy groups -OCH3 is 1. The zero-order valence-corrected chi connectivity index (χ0v) is 19.8. The normalized spacial score (nSPS) is 15.4. The fraction of sp³-hybridized carbons (Fsp3) is 0.208. The molecule has 6 nitrogen and oxygen atoms in total.